The minimum Gasteiger partial charge on any atom is -0.489 e. The van der Waals surface area contributed by atoms with Crippen molar-refractivity contribution in [2.24, 2.45) is 5.11 Å². The van der Waals surface area contributed by atoms with Crippen molar-refractivity contribution in [1.82, 2.24) is 0 Å². The van der Waals surface area contributed by atoms with E-state index in [1.807, 2.05) is 54.6 Å². The maximum atomic E-state index is 13.4. The molecule has 0 spiro atoms. The Bertz CT molecular complexity index is 1080. The lowest BCUT2D eigenvalue weighted by molar-refractivity contribution is 0.136. The number of cyclic esters (lactones) is 1. The highest BCUT2D eigenvalue weighted by Gasteiger charge is 2.43. The van der Waals surface area contributed by atoms with E-state index in [-0.39, 0.29) is 6.54 Å². The molecule has 3 aromatic carbocycles. The average Bonchev–Trinajstić information content (AvgIpc) is 3.13. The molecule has 8 heteroatoms. The van der Waals surface area contributed by atoms with Gasteiger partial charge in [0.25, 0.3) is 0 Å². The largest absolute Gasteiger partial charge is 0.489 e. The van der Waals surface area contributed by atoms with Gasteiger partial charge < -0.3 is 9.47 Å². The molecule has 1 amide bonds. The Morgan fingerprint density at radius 2 is 1.74 bits per heavy atom. The maximum absolute atomic E-state index is 13.4. The average molecular weight is 418 g/mol. The minimum atomic E-state index is -0.676. The van der Waals surface area contributed by atoms with Crippen molar-refractivity contribution >= 4 is 11.8 Å². The molecule has 4 rings (SSSR count). The standard InChI is InChI=1S/C23H19FN4O3/c24-18-8-10-19(11-9-18)28-22(21(14-26-27-25)31-23(28)29)17-6-12-20(13-7-17)30-15-16-4-2-1-3-5-16/h1-13,21-22H,14-15H2/t21-,22-/m1/s1. The Morgan fingerprint density at radius 1 is 1.03 bits per heavy atom. The first kappa shape index (κ1) is 20.3. The SMILES string of the molecule is [N-]=[N+]=NC[C@H]1OC(=O)N(c2ccc(F)cc2)[C@@H]1c1ccc(OCc2ccccc2)cc1. The molecule has 2 atom stereocenters. The number of halogens is 1. The molecule has 1 heterocycles. The second-order valence-electron chi connectivity index (χ2n) is 6.97. The zero-order valence-electron chi connectivity index (χ0n) is 16.5. The molecule has 0 saturated carbocycles. The predicted octanol–water partition coefficient (Wildman–Crippen LogP) is 5.78. The third-order valence-electron chi connectivity index (χ3n) is 4.98. The van der Waals surface area contributed by atoms with E-state index in [4.69, 9.17) is 15.0 Å². The van der Waals surface area contributed by atoms with Gasteiger partial charge in [-0.25, -0.2) is 9.18 Å². The van der Waals surface area contributed by atoms with Gasteiger partial charge in [0.15, 0.2) is 0 Å². The van der Waals surface area contributed by atoms with Crippen LogP contribution in [0.3, 0.4) is 0 Å². The zero-order chi connectivity index (χ0) is 21.6. The molecule has 1 aliphatic heterocycles. The van der Waals surface area contributed by atoms with Crippen molar-refractivity contribution in [3.8, 4) is 5.75 Å². The number of amides is 1. The van der Waals surface area contributed by atoms with Crippen LogP contribution in [0.4, 0.5) is 14.9 Å². The van der Waals surface area contributed by atoms with Crippen LogP contribution in [0, 0.1) is 5.82 Å². The van der Waals surface area contributed by atoms with Crippen LogP contribution in [0.5, 0.6) is 5.75 Å². The number of nitrogens with zero attached hydrogens (tertiary/aromatic N) is 4. The van der Waals surface area contributed by atoms with Gasteiger partial charge in [-0.2, -0.15) is 0 Å². The summed E-state index contributed by atoms with van der Waals surface area (Å²) in [6.07, 6.45) is -1.26. The van der Waals surface area contributed by atoms with Gasteiger partial charge in [-0.15, -0.1) is 0 Å². The third kappa shape index (κ3) is 4.60. The van der Waals surface area contributed by atoms with Gasteiger partial charge in [0.1, 0.15) is 30.3 Å². The Kier molecular flexibility index (Phi) is 6.01. The lowest BCUT2D eigenvalue weighted by Crippen LogP contribution is -2.30. The number of azide groups is 1. The molecule has 0 bridgehead atoms. The molecular weight excluding hydrogens is 399 g/mol. The fourth-order valence-corrected chi connectivity index (χ4v) is 3.52. The molecule has 1 fully saturated rings. The second-order valence-corrected chi connectivity index (χ2v) is 6.97. The van der Waals surface area contributed by atoms with Gasteiger partial charge >= 0.3 is 6.09 Å². The maximum Gasteiger partial charge on any atom is 0.415 e. The predicted molar refractivity (Wildman–Crippen MR) is 113 cm³/mol. The summed E-state index contributed by atoms with van der Waals surface area (Å²) in [6.45, 7) is 0.420. The third-order valence-corrected chi connectivity index (χ3v) is 4.98. The Labute approximate surface area is 178 Å². The van der Waals surface area contributed by atoms with Crippen LogP contribution in [0.15, 0.2) is 84.0 Å². The van der Waals surface area contributed by atoms with E-state index in [9.17, 15) is 9.18 Å². The Hall–Kier alpha value is -4.03. The van der Waals surface area contributed by atoms with Gasteiger partial charge in [0.2, 0.25) is 0 Å². The fourth-order valence-electron chi connectivity index (χ4n) is 3.52. The summed E-state index contributed by atoms with van der Waals surface area (Å²) in [6, 6.07) is 22.2. The summed E-state index contributed by atoms with van der Waals surface area (Å²) in [5.74, 6) is 0.274. The summed E-state index contributed by atoms with van der Waals surface area (Å²) >= 11 is 0. The number of carbonyl (C=O) groups is 1. The molecular formula is C23H19FN4O3. The fraction of sp³-hybridized carbons (Fsp3) is 0.174. The van der Waals surface area contributed by atoms with Gasteiger partial charge in [-0.05, 0) is 53.1 Å². The lowest BCUT2D eigenvalue weighted by Gasteiger charge is -2.25. The molecule has 0 N–H and O–H groups in total. The molecule has 31 heavy (non-hydrogen) atoms. The van der Waals surface area contributed by atoms with Crippen LogP contribution < -0.4 is 9.64 Å². The second kappa shape index (κ2) is 9.19. The van der Waals surface area contributed by atoms with Crippen molar-refractivity contribution in [3.05, 3.63) is 106 Å². The molecule has 7 nitrogen and oxygen atoms in total. The highest BCUT2D eigenvalue weighted by Crippen LogP contribution is 2.38. The summed E-state index contributed by atoms with van der Waals surface area (Å²) in [4.78, 5) is 16.8. The molecule has 156 valence electrons. The number of rotatable bonds is 7. The van der Waals surface area contributed by atoms with E-state index in [1.165, 1.54) is 29.2 Å². The highest BCUT2D eigenvalue weighted by molar-refractivity contribution is 5.91. The van der Waals surface area contributed by atoms with E-state index in [0.29, 0.717) is 18.0 Å². The van der Waals surface area contributed by atoms with Gasteiger partial charge in [-0.3, -0.25) is 4.90 Å². The smallest absolute Gasteiger partial charge is 0.415 e. The van der Waals surface area contributed by atoms with E-state index in [1.54, 1.807) is 0 Å². The van der Waals surface area contributed by atoms with Crippen molar-refractivity contribution in [2.45, 2.75) is 18.8 Å². The number of ether oxygens (including phenoxy) is 2. The Morgan fingerprint density at radius 3 is 2.42 bits per heavy atom. The molecule has 3 aromatic rings. The van der Waals surface area contributed by atoms with E-state index >= 15 is 0 Å². The topological polar surface area (TPSA) is 87.5 Å². The Balaban J connectivity index is 1.58. The van der Waals surface area contributed by atoms with Crippen LogP contribution in [-0.2, 0) is 11.3 Å². The monoisotopic (exact) mass is 418 g/mol. The first-order chi connectivity index (χ1) is 15.2. The first-order valence-electron chi connectivity index (χ1n) is 9.68. The summed E-state index contributed by atoms with van der Waals surface area (Å²) in [5.41, 5.74) is 11.0. The van der Waals surface area contributed by atoms with Crippen LogP contribution in [-0.4, -0.2) is 18.7 Å². The minimum absolute atomic E-state index is 0.0170. The number of anilines is 1. The van der Waals surface area contributed by atoms with Crippen LogP contribution in [0.25, 0.3) is 10.4 Å². The van der Waals surface area contributed by atoms with Crippen LogP contribution in [0.2, 0.25) is 0 Å². The number of benzene rings is 3. The molecule has 0 radical (unpaired) electrons. The van der Waals surface area contributed by atoms with Crippen molar-refractivity contribution in [1.29, 1.82) is 0 Å². The van der Waals surface area contributed by atoms with Crippen LogP contribution in [0.1, 0.15) is 17.2 Å². The van der Waals surface area contributed by atoms with Gasteiger partial charge in [-0.1, -0.05) is 47.6 Å². The molecule has 1 saturated heterocycles. The lowest BCUT2D eigenvalue weighted by atomic mass is 10.00. The zero-order valence-corrected chi connectivity index (χ0v) is 16.5. The quantitative estimate of drug-likeness (QED) is 0.277. The van der Waals surface area contributed by atoms with Crippen molar-refractivity contribution in [2.75, 3.05) is 11.4 Å². The summed E-state index contributed by atoms with van der Waals surface area (Å²) in [7, 11) is 0. The van der Waals surface area contributed by atoms with Gasteiger partial charge in [0, 0.05) is 10.6 Å². The molecule has 0 aromatic heterocycles. The van der Waals surface area contributed by atoms with Crippen LogP contribution >= 0.6 is 0 Å². The van der Waals surface area contributed by atoms with Gasteiger partial charge in [0.05, 0.1) is 6.54 Å². The summed E-state index contributed by atoms with van der Waals surface area (Å²) < 4.78 is 24.7. The number of hydrogen-bond acceptors (Lipinski definition) is 4. The van der Waals surface area contributed by atoms with E-state index in [0.717, 1.165) is 11.1 Å². The van der Waals surface area contributed by atoms with E-state index in [2.05, 4.69) is 10.0 Å². The highest BCUT2D eigenvalue weighted by atomic mass is 19.1. The normalized spacial score (nSPS) is 17.7. The molecule has 0 aliphatic carbocycles. The number of carbonyl (C=O) groups excluding carboxylic acids is 1. The van der Waals surface area contributed by atoms with Crippen molar-refractivity contribution in [3.63, 3.8) is 0 Å². The summed E-state index contributed by atoms with van der Waals surface area (Å²) in [5, 5.41) is 3.58. The van der Waals surface area contributed by atoms with E-state index < -0.39 is 24.1 Å². The first-order valence-corrected chi connectivity index (χ1v) is 9.68. The van der Waals surface area contributed by atoms with Crippen molar-refractivity contribution < 1.29 is 18.7 Å². The molecule has 0 unspecified atom stereocenters. The molecule has 1 aliphatic rings. The number of hydrogen-bond donors (Lipinski definition) is 0.